The second kappa shape index (κ2) is 6.22. The summed E-state index contributed by atoms with van der Waals surface area (Å²) in [5.41, 5.74) is -0.167. The minimum atomic E-state index is -0.965. The summed E-state index contributed by atoms with van der Waals surface area (Å²) in [4.78, 5) is 24.9. The first-order valence-corrected chi connectivity index (χ1v) is 6.91. The number of likely N-dealkylation sites (tertiary alicyclic amines) is 1. The van der Waals surface area contributed by atoms with Crippen molar-refractivity contribution in [2.75, 3.05) is 13.1 Å². The van der Waals surface area contributed by atoms with E-state index in [9.17, 15) is 19.1 Å². The van der Waals surface area contributed by atoms with Crippen molar-refractivity contribution in [3.05, 3.63) is 35.6 Å². The Morgan fingerprint density at radius 2 is 2.05 bits per heavy atom. The number of hydrogen-bond acceptors (Lipinski definition) is 3. The number of carbonyl (C=O) groups is 2. The third kappa shape index (κ3) is 3.58. The Kier molecular flexibility index (Phi) is 4.57. The Morgan fingerprint density at radius 1 is 1.38 bits per heavy atom. The van der Waals surface area contributed by atoms with Crippen molar-refractivity contribution >= 4 is 11.9 Å². The quantitative estimate of drug-likeness (QED) is 0.861. The van der Waals surface area contributed by atoms with Crippen LogP contribution in [-0.2, 0) is 16.1 Å². The van der Waals surface area contributed by atoms with Gasteiger partial charge in [0.05, 0.1) is 6.54 Å². The highest BCUT2D eigenvalue weighted by atomic mass is 19.1. The van der Waals surface area contributed by atoms with Gasteiger partial charge >= 0.3 is 5.97 Å². The van der Waals surface area contributed by atoms with E-state index in [1.807, 2.05) is 0 Å². The number of nitrogens with one attached hydrogen (secondary N) is 1. The van der Waals surface area contributed by atoms with E-state index in [0.29, 0.717) is 19.5 Å². The Morgan fingerprint density at radius 3 is 2.67 bits per heavy atom. The predicted molar refractivity (Wildman–Crippen MR) is 75.1 cm³/mol. The molecule has 0 saturated carbocycles. The van der Waals surface area contributed by atoms with Crippen molar-refractivity contribution in [3.8, 4) is 0 Å². The number of carboxylic acid groups (broad SMARTS) is 1. The van der Waals surface area contributed by atoms with E-state index in [0.717, 1.165) is 12.0 Å². The second-order valence-corrected chi connectivity index (χ2v) is 5.51. The van der Waals surface area contributed by atoms with Gasteiger partial charge in [-0.3, -0.25) is 14.5 Å². The molecule has 21 heavy (non-hydrogen) atoms. The fourth-order valence-corrected chi connectivity index (χ4v) is 2.55. The first-order valence-electron chi connectivity index (χ1n) is 6.91. The lowest BCUT2D eigenvalue weighted by atomic mass is 9.99. The van der Waals surface area contributed by atoms with Gasteiger partial charge in [0, 0.05) is 6.54 Å². The highest BCUT2D eigenvalue weighted by molar-refractivity contribution is 5.82. The number of aliphatic carboxylic acids is 1. The first-order chi connectivity index (χ1) is 9.91. The van der Waals surface area contributed by atoms with E-state index in [-0.39, 0.29) is 18.3 Å². The monoisotopic (exact) mass is 294 g/mol. The molecule has 0 aliphatic carbocycles. The van der Waals surface area contributed by atoms with E-state index in [4.69, 9.17) is 0 Å². The molecule has 2 N–H and O–H groups in total. The van der Waals surface area contributed by atoms with E-state index in [1.165, 1.54) is 12.1 Å². The zero-order chi connectivity index (χ0) is 15.5. The highest BCUT2D eigenvalue weighted by Crippen LogP contribution is 2.28. The lowest BCUT2D eigenvalue weighted by Crippen LogP contribution is -2.51. The van der Waals surface area contributed by atoms with Crippen LogP contribution in [-0.4, -0.2) is 40.5 Å². The van der Waals surface area contributed by atoms with Gasteiger partial charge in [0.1, 0.15) is 11.4 Å². The van der Waals surface area contributed by atoms with Gasteiger partial charge in [0.25, 0.3) is 0 Å². The maximum absolute atomic E-state index is 12.8. The number of halogens is 1. The third-order valence-electron chi connectivity index (χ3n) is 3.99. The second-order valence-electron chi connectivity index (χ2n) is 5.51. The summed E-state index contributed by atoms with van der Waals surface area (Å²) in [6, 6.07) is 5.88. The van der Waals surface area contributed by atoms with Gasteiger partial charge in [-0.1, -0.05) is 12.1 Å². The molecule has 1 amide bonds. The molecule has 1 saturated heterocycles. The van der Waals surface area contributed by atoms with Gasteiger partial charge < -0.3 is 10.4 Å². The van der Waals surface area contributed by atoms with Crippen molar-refractivity contribution in [2.45, 2.75) is 31.8 Å². The van der Waals surface area contributed by atoms with Crippen LogP contribution in [0, 0.1) is 5.82 Å². The Hall–Kier alpha value is -1.95. The zero-order valence-corrected chi connectivity index (χ0v) is 11.9. The third-order valence-corrected chi connectivity index (χ3v) is 3.99. The molecule has 0 radical (unpaired) electrons. The molecule has 1 fully saturated rings. The van der Waals surface area contributed by atoms with Crippen LogP contribution in [0.25, 0.3) is 0 Å². The van der Waals surface area contributed by atoms with Crippen LogP contribution in [0.3, 0.4) is 0 Å². The lowest BCUT2D eigenvalue weighted by molar-refractivity contribution is -0.149. The van der Waals surface area contributed by atoms with E-state index < -0.39 is 11.5 Å². The molecule has 1 heterocycles. The van der Waals surface area contributed by atoms with Gasteiger partial charge in [-0.25, -0.2) is 4.39 Å². The molecule has 2 rings (SSSR count). The average Bonchev–Trinajstić information content (AvgIpc) is 2.81. The zero-order valence-electron chi connectivity index (χ0n) is 11.9. The van der Waals surface area contributed by atoms with Crippen LogP contribution in [0.2, 0.25) is 0 Å². The molecule has 0 aromatic heterocycles. The number of carboxylic acids is 1. The molecular formula is C15H19FN2O3. The van der Waals surface area contributed by atoms with E-state index >= 15 is 0 Å². The molecule has 1 aliphatic rings. The summed E-state index contributed by atoms with van der Waals surface area (Å²) >= 11 is 0. The van der Waals surface area contributed by atoms with E-state index in [2.05, 4.69) is 5.32 Å². The summed E-state index contributed by atoms with van der Waals surface area (Å²) in [5, 5.41) is 12.0. The topological polar surface area (TPSA) is 69.6 Å². The van der Waals surface area contributed by atoms with Crippen LogP contribution in [0.15, 0.2) is 24.3 Å². The standard InChI is InChI=1S/C15H19FN2O3/c1-15(14(20)21)7-2-8-18(15)10-13(19)17-9-11-3-5-12(16)6-4-11/h3-6H,2,7-10H2,1H3,(H,17,19)(H,20,21). The molecule has 1 aliphatic heterocycles. The first kappa shape index (κ1) is 15.4. The van der Waals surface area contributed by atoms with Gasteiger partial charge in [-0.05, 0) is 44.0 Å². The number of nitrogens with zero attached hydrogens (tertiary/aromatic N) is 1. The summed E-state index contributed by atoms with van der Waals surface area (Å²) in [6.07, 6.45) is 1.32. The Balaban J connectivity index is 1.87. The van der Waals surface area contributed by atoms with Crippen molar-refractivity contribution < 1.29 is 19.1 Å². The maximum atomic E-state index is 12.8. The molecule has 1 unspecified atom stereocenters. The smallest absolute Gasteiger partial charge is 0.323 e. The van der Waals surface area contributed by atoms with Crippen molar-refractivity contribution in [1.29, 1.82) is 0 Å². The fourth-order valence-electron chi connectivity index (χ4n) is 2.55. The predicted octanol–water partition coefficient (Wildman–Crippen LogP) is 1.38. The number of hydrogen-bond donors (Lipinski definition) is 2. The molecule has 5 nitrogen and oxygen atoms in total. The number of carbonyl (C=O) groups excluding carboxylic acids is 1. The molecule has 1 atom stereocenters. The largest absolute Gasteiger partial charge is 0.480 e. The Bertz CT molecular complexity index is 532. The number of rotatable bonds is 5. The molecule has 1 aromatic rings. The van der Waals surface area contributed by atoms with Crippen LogP contribution < -0.4 is 5.32 Å². The van der Waals surface area contributed by atoms with Crippen molar-refractivity contribution in [1.82, 2.24) is 10.2 Å². The molecule has 0 bridgehead atoms. The molecule has 1 aromatic carbocycles. The van der Waals surface area contributed by atoms with Gasteiger partial charge in [0.15, 0.2) is 0 Å². The highest BCUT2D eigenvalue weighted by Gasteiger charge is 2.43. The minimum absolute atomic E-state index is 0.0595. The lowest BCUT2D eigenvalue weighted by Gasteiger charge is -2.30. The van der Waals surface area contributed by atoms with Crippen LogP contribution in [0.5, 0.6) is 0 Å². The number of amides is 1. The van der Waals surface area contributed by atoms with Crippen LogP contribution >= 0.6 is 0 Å². The van der Waals surface area contributed by atoms with Crippen LogP contribution in [0.4, 0.5) is 4.39 Å². The summed E-state index contributed by atoms with van der Waals surface area (Å²) in [7, 11) is 0. The average molecular weight is 294 g/mol. The van der Waals surface area contributed by atoms with Crippen molar-refractivity contribution in [2.24, 2.45) is 0 Å². The molecule has 0 spiro atoms. The summed E-state index contributed by atoms with van der Waals surface area (Å²) in [6.45, 7) is 2.61. The van der Waals surface area contributed by atoms with E-state index in [1.54, 1.807) is 24.0 Å². The molecule has 6 heteroatoms. The summed E-state index contributed by atoms with van der Waals surface area (Å²) < 4.78 is 12.8. The molecular weight excluding hydrogens is 275 g/mol. The van der Waals surface area contributed by atoms with Gasteiger partial charge in [-0.15, -0.1) is 0 Å². The Labute approximate surface area is 122 Å². The van der Waals surface area contributed by atoms with Gasteiger partial charge in [0.2, 0.25) is 5.91 Å². The normalized spacial score (nSPS) is 22.2. The van der Waals surface area contributed by atoms with Gasteiger partial charge in [-0.2, -0.15) is 0 Å². The maximum Gasteiger partial charge on any atom is 0.323 e. The number of benzene rings is 1. The van der Waals surface area contributed by atoms with Crippen molar-refractivity contribution in [3.63, 3.8) is 0 Å². The fraction of sp³-hybridized carbons (Fsp3) is 0.467. The summed E-state index contributed by atoms with van der Waals surface area (Å²) in [5.74, 6) is -1.44. The molecule has 114 valence electrons. The SMILES string of the molecule is CC1(C(=O)O)CCCN1CC(=O)NCc1ccc(F)cc1. The minimum Gasteiger partial charge on any atom is -0.480 e. The van der Waals surface area contributed by atoms with Crippen LogP contribution in [0.1, 0.15) is 25.3 Å².